The Kier molecular flexibility index (Phi) is 3.72. The van der Waals surface area contributed by atoms with E-state index in [0.717, 1.165) is 24.0 Å². The number of aromatic carboxylic acids is 1. The summed E-state index contributed by atoms with van der Waals surface area (Å²) in [5, 5.41) is 19.9. The zero-order chi connectivity index (χ0) is 14.0. The second-order valence-electron chi connectivity index (χ2n) is 3.26. The largest absolute Gasteiger partial charge is 0.475 e. The van der Waals surface area contributed by atoms with Crippen molar-refractivity contribution < 1.29 is 19.2 Å². The Morgan fingerprint density at radius 1 is 1.53 bits per heavy atom. The summed E-state index contributed by atoms with van der Waals surface area (Å²) in [5.74, 6) is -1.39. The monoisotopic (exact) mass is 300 g/mol. The Balaban J connectivity index is 2.23. The first-order valence-electron chi connectivity index (χ1n) is 4.78. The van der Waals surface area contributed by atoms with Gasteiger partial charge in [0.25, 0.3) is 5.69 Å². The van der Waals surface area contributed by atoms with E-state index in [4.69, 9.17) is 21.1 Å². The third-order valence-corrected chi connectivity index (χ3v) is 3.33. The molecule has 9 heteroatoms. The first-order valence-corrected chi connectivity index (χ1v) is 5.97. The Morgan fingerprint density at radius 3 is 2.79 bits per heavy atom. The van der Waals surface area contributed by atoms with Gasteiger partial charge in [0, 0.05) is 6.07 Å². The fraction of sp³-hybridized carbons (Fsp3) is 0. The number of hydrogen-bond donors (Lipinski definition) is 1. The summed E-state index contributed by atoms with van der Waals surface area (Å²) in [6, 6.07) is 3.91. The van der Waals surface area contributed by atoms with E-state index < -0.39 is 10.9 Å². The Bertz CT molecular complexity index is 657. The Morgan fingerprint density at radius 2 is 2.26 bits per heavy atom. The summed E-state index contributed by atoms with van der Waals surface area (Å²) in [6.45, 7) is 0. The standard InChI is InChI=1S/C10H5ClN2O5S/c11-6-3-5(13(16)17)4-12-9(6)19-8-2-1-7(18-8)10(14)15/h1-4H,(H,14,15). The maximum Gasteiger partial charge on any atom is 0.371 e. The number of carbonyl (C=O) groups is 1. The summed E-state index contributed by atoms with van der Waals surface area (Å²) < 4.78 is 5.01. The highest BCUT2D eigenvalue weighted by Crippen LogP contribution is 2.34. The van der Waals surface area contributed by atoms with Crippen LogP contribution in [0.25, 0.3) is 0 Å². The lowest BCUT2D eigenvalue weighted by atomic mass is 10.4. The fourth-order valence-electron chi connectivity index (χ4n) is 1.18. The van der Waals surface area contributed by atoms with Crippen LogP contribution in [0.5, 0.6) is 0 Å². The fourth-order valence-corrected chi connectivity index (χ4v) is 2.17. The predicted octanol–water partition coefficient (Wildman–Crippen LogP) is 3.09. The van der Waals surface area contributed by atoms with E-state index in [9.17, 15) is 14.9 Å². The normalized spacial score (nSPS) is 10.4. The van der Waals surface area contributed by atoms with Crippen LogP contribution in [0.2, 0.25) is 5.02 Å². The van der Waals surface area contributed by atoms with Gasteiger partial charge < -0.3 is 9.52 Å². The molecule has 2 rings (SSSR count). The molecular weight excluding hydrogens is 296 g/mol. The quantitative estimate of drug-likeness (QED) is 0.683. The van der Waals surface area contributed by atoms with Crippen LogP contribution in [0.3, 0.4) is 0 Å². The highest BCUT2D eigenvalue weighted by Gasteiger charge is 2.15. The molecule has 98 valence electrons. The molecule has 0 radical (unpaired) electrons. The molecule has 0 fully saturated rings. The van der Waals surface area contributed by atoms with E-state index in [1.54, 1.807) is 0 Å². The predicted molar refractivity (Wildman–Crippen MR) is 65.7 cm³/mol. The maximum absolute atomic E-state index is 10.6. The molecule has 0 spiro atoms. The lowest BCUT2D eigenvalue weighted by Gasteiger charge is -2.00. The average Bonchev–Trinajstić information content (AvgIpc) is 2.80. The lowest BCUT2D eigenvalue weighted by molar-refractivity contribution is -0.385. The van der Waals surface area contributed by atoms with E-state index >= 15 is 0 Å². The van der Waals surface area contributed by atoms with Crippen molar-refractivity contribution in [2.24, 2.45) is 0 Å². The van der Waals surface area contributed by atoms with Gasteiger partial charge in [-0.25, -0.2) is 9.78 Å². The van der Waals surface area contributed by atoms with Crippen molar-refractivity contribution >= 4 is 35.0 Å². The molecule has 7 nitrogen and oxygen atoms in total. The molecular formula is C10H5ClN2O5S. The van der Waals surface area contributed by atoms with Gasteiger partial charge in [0.2, 0.25) is 5.76 Å². The van der Waals surface area contributed by atoms with Crippen molar-refractivity contribution in [2.75, 3.05) is 0 Å². The van der Waals surface area contributed by atoms with Crippen molar-refractivity contribution in [1.29, 1.82) is 0 Å². The second-order valence-corrected chi connectivity index (χ2v) is 4.66. The molecule has 0 aromatic carbocycles. The van der Waals surface area contributed by atoms with E-state index in [-0.39, 0.29) is 21.6 Å². The van der Waals surface area contributed by atoms with Gasteiger partial charge in [0.1, 0.15) is 11.2 Å². The summed E-state index contributed by atoms with van der Waals surface area (Å²) in [5.41, 5.74) is -0.222. The van der Waals surface area contributed by atoms with Crippen molar-refractivity contribution in [3.8, 4) is 0 Å². The number of halogens is 1. The number of nitro groups is 1. The molecule has 19 heavy (non-hydrogen) atoms. The minimum absolute atomic E-state index is 0.0903. The van der Waals surface area contributed by atoms with E-state index in [1.807, 2.05) is 0 Å². The zero-order valence-electron chi connectivity index (χ0n) is 9.07. The Hall–Kier alpha value is -2.06. The SMILES string of the molecule is O=C(O)c1ccc(Sc2ncc([N+](=O)[O-])cc2Cl)o1. The summed E-state index contributed by atoms with van der Waals surface area (Å²) in [7, 11) is 0. The first-order chi connectivity index (χ1) is 8.97. The minimum Gasteiger partial charge on any atom is -0.475 e. The molecule has 2 heterocycles. The van der Waals surface area contributed by atoms with Crippen molar-refractivity contribution in [3.63, 3.8) is 0 Å². The number of pyridine rings is 1. The molecule has 0 aliphatic rings. The van der Waals surface area contributed by atoms with Crippen molar-refractivity contribution in [1.82, 2.24) is 4.98 Å². The molecule has 0 saturated heterocycles. The van der Waals surface area contributed by atoms with Crippen LogP contribution < -0.4 is 0 Å². The van der Waals surface area contributed by atoms with Crippen molar-refractivity contribution in [2.45, 2.75) is 10.1 Å². The topological polar surface area (TPSA) is 106 Å². The van der Waals surface area contributed by atoms with E-state index in [2.05, 4.69) is 4.98 Å². The van der Waals surface area contributed by atoms with Gasteiger partial charge >= 0.3 is 5.97 Å². The second kappa shape index (κ2) is 5.29. The number of hydrogen-bond acceptors (Lipinski definition) is 6. The molecule has 0 atom stereocenters. The van der Waals surface area contributed by atoms with Crippen LogP contribution in [0.1, 0.15) is 10.6 Å². The van der Waals surface area contributed by atoms with Crippen LogP contribution in [0, 0.1) is 10.1 Å². The third-order valence-electron chi connectivity index (χ3n) is 1.99. The third kappa shape index (κ3) is 3.04. The molecule has 2 aromatic rings. The number of furan rings is 1. The summed E-state index contributed by atoms with van der Waals surface area (Å²) in [4.78, 5) is 24.4. The summed E-state index contributed by atoms with van der Waals surface area (Å²) in [6.07, 6.45) is 1.06. The highest BCUT2D eigenvalue weighted by atomic mass is 35.5. The maximum atomic E-state index is 10.6. The smallest absolute Gasteiger partial charge is 0.371 e. The zero-order valence-corrected chi connectivity index (χ0v) is 10.6. The van der Waals surface area contributed by atoms with Crippen LogP contribution >= 0.6 is 23.4 Å². The Labute approximate surface area is 115 Å². The lowest BCUT2D eigenvalue weighted by Crippen LogP contribution is -1.91. The molecule has 0 amide bonds. The molecule has 0 unspecified atom stereocenters. The number of carboxylic acid groups (broad SMARTS) is 1. The number of nitrogens with zero attached hydrogens (tertiary/aromatic N) is 2. The van der Waals surface area contributed by atoms with Gasteiger partial charge in [-0.05, 0) is 23.9 Å². The van der Waals surface area contributed by atoms with Crippen LogP contribution in [0.4, 0.5) is 5.69 Å². The van der Waals surface area contributed by atoms with Gasteiger partial charge in [-0.15, -0.1) is 0 Å². The molecule has 0 aliphatic carbocycles. The molecule has 1 N–H and O–H groups in total. The number of carboxylic acids is 1. The molecule has 0 aliphatic heterocycles. The molecule has 0 bridgehead atoms. The van der Waals surface area contributed by atoms with Crippen LogP contribution in [-0.4, -0.2) is 21.0 Å². The molecule has 2 aromatic heterocycles. The van der Waals surface area contributed by atoms with Gasteiger partial charge in [-0.3, -0.25) is 10.1 Å². The van der Waals surface area contributed by atoms with Gasteiger partial charge in [0.05, 0.1) is 9.95 Å². The number of rotatable bonds is 4. The molecule has 0 saturated carbocycles. The van der Waals surface area contributed by atoms with Gasteiger partial charge in [0.15, 0.2) is 5.09 Å². The van der Waals surface area contributed by atoms with Gasteiger partial charge in [-0.1, -0.05) is 11.6 Å². The van der Waals surface area contributed by atoms with E-state index in [0.29, 0.717) is 5.03 Å². The first kappa shape index (κ1) is 13.4. The average molecular weight is 301 g/mol. The number of aromatic nitrogens is 1. The summed E-state index contributed by atoms with van der Waals surface area (Å²) >= 11 is 6.82. The van der Waals surface area contributed by atoms with Crippen LogP contribution in [0.15, 0.2) is 38.9 Å². The highest BCUT2D eigenvalue weighted by molar-refractivity contribution is 7.99. The van der Waals surface area contributed by atoms with Crippen molar-refractivity contribution in [3.05, 3.63) is 45.3 Å². The van der Waals surface area contributed by atoms with Crippen LogP contribution in [-0.2, 0) is 0 Å². The van der Waals surface area contributed by atoms with E-state index in [1.165, 1.54) is 12.1 Å². The van der Waals surface area contributed by atoms with Gasteiger partial charge in [-0.2, -0.15) is 0 Å². The minimum atomic E-state index is -1.19.